The maximum Gasteiger partial charge on any atom is 0.150 e. The minimum absolute atomic E-state index is 0.0408. The number of halogens is 1. The molecule has 2 N–H and O–H groups in total. The fourth-order valence-electron chi connectivity index (χ4n) is 1.98. The highest BCUT2D eigenvalue weighted by atomic mass is 32.2. The number of hydrogen-bond donors (Lipinski definition) is 1. The SMILES string of the molecule is CC(=O)[C@@](N)(CSc1ccc(F)cc1)Cc1ccccc1. The second kappa shape index (κ2) is 6.87. The van der Waals surface area contributed by atoms with Crippen molar-refractivity contribution in [3.63, 3.8) is 0 Å². The van der Waals surface area contributed by atoms with E-state index in [1.54, 1.807) is 12.1 Å². The molecule has 0 aromatic heterocycles. The maximum atomic E-state index is 12.9. The summed E-state index contributed by atoms with van der Waals surface area (Å²) in [7, 11) is 0. The number of nitrogens with two attached hydrogens (primary N) is 1. The van der Waals surface area contributed by atoms with E-state index in [0.29, 0.717) is 12.2 Å². The van der Waals surface area contributed by atoms with Gasteiger partial charge < -0.3 is 5.73 Å². The van der Waals surface area contributed by atoms with Gasteiger partial charge in [0.2, 0.25) is 0 Å². The molecule has 110 valence electrons. The van der Waals surface area contributed by atoms with Crippen molar-refractivity contribution >= 4 is 17.5 Å². The normalized spacial score (nSPS) is 13.7. The maximum absolute atomic E-state index is 12.9. The van der Waals surface area contributed by atoms with Gasteiger partial charge in [-0.15, -0.1) is 11.8 Å². The molecule has 4 heteroatoms. The summed E-state index contributed by atoms with van der Waals surface area (Å²) in [5.74, 6) is 0.151. The Morgan fingerprint density at radius 1 is 1.14 bits per heavy atom. The number of thioether (sulfide) groups is 1. The summed E-state index contributed by atoms with van der Waals surface area (Å²) in [4.78, 5) is 12.9. The number of Topliss-reactive ketones (excluding diaryl/α,β-unsaturated/α-hetero) is 1. The van der Waals surface area contributed by atoms with Gasteiger partial charge in [0.1, 0.15) is 5.82 Å². The number of ketones is 1. The second-order valence-electron chi connectivity index (χ2n) is 5.12. The van der Waals surface area contributed by atoms with Crippen molar-refractivity contribution in [2.45, 2.75) is 23.8 Å². The molecule has 2 nitrogen and oxygen atoms in total. The van der Waals surface area contributed by atoms with E-state index in [2.05, 4.69) is 0 Å². The molecule has 1 atom stereocenters. The van der Waals surface area contributed by atoms with Crippen molar-refractivity contribution in [1.82, 2.24) is 0 Å². The minimum atomic E-state index is -0.916. The molecule has 0 aliphatic heterocycles. The van der Waals surface area contributed by atoms with Gasteiger partial charge in [-0.25, -0.2) is 4.39 Å². The quantitative estimate of drug-likeness (QED) is 0.831. The van der Waals surface area contributed by atoms with Crippen molar-refractivity contribution in [1.29, 1.82) is 0 Å². The molecule has 0 spiro atoms. The highest BCUT2D eigenvalue weighted by Gasteiger charge is 2.31. The smallest absolute Gasteiger partial charge is 0.150 e. The lowest BCUT2D eigenvalue weighted by molar-refractivity contribution is -0.121. The number of carbonyl (C=O) groups is 1. The van der Waals surface area contributed by atoms with E-state index in [4.69, 9.17) is 5.73 Å². The average molecular weight is 303 g/mol. The summed E-state index contributed by atoms with van der Waals surface area (Å²) in [6.45, 7) is 1.52. The lowest BCUT2D eigenvalue weighted by Crippen LogP contribution is -2.51. The van der Waals surface area contributed by atoms with Crippen molar-refractivity contribution in [3.8, 4) is 0 Å². The number of rotatable bonds is 6. The fourth-order valence-corrected chi connectivity index (χ4v) is 3.04. The molecule has 0 radical (unpaired) electrons. The molecule has 2 aromatic carbocycles. The Morgan fingerprint density at radius 2 is 1.76 bits per heavy atom. The molecule has 0 bridgehead atoms. The molecule has 2 aromatic rings. The van der Waals surface area contributed by atoms with Gasteiger partial charge in [-0.1, -0.05) is 30.3 Å². The van der Waals surface area contributed by atoms with E-state index in [-0.39, 0.29) is 11.6 Å². The van der Waals surface area contributed by atoms with Gasteiger partial charge in [-0.2, -0.15) is 0 Å². The van der Waals surface area contributed by atoms with Crippen molar-refractivity contribution in [2.75, 3.05) is 5.75 Å². The van der Waals surface area contributed by atoms with E-state index < -0.39 is 5.54 Å². The lowest BCUT2D eigenvalue weighted by Gasteiger charge is -2.26. The molecule has 21 heavy (non-hydrogen) atoms. The van der Waals surface area contributed by atoms with Crippen LogP contribution in [0.3, 0.4) is 0 Å². The molecule has 0 saturated carbocycles. The Morgan fingerprint density at radius 3 is 2.33 bits per heavy atom. The van der Waals surface area contributed by atoms with Crippen LogP contribution in [0.4, 0.5) is 4.39 Å². The third-order valence-electron chi connectivity index (χ3n) is 3.37. The predicted molar refractivity (Wildman–Crippen MR) is 84.9 cm³/mol. The Kier molecular flexibility index (Phi) is 5.15. The summed E-state index contributed by atoms with van der Waals surface area (Å²) < 4.78 is 12.9. The summed E-state index contributed by atoms with van der Waals surface area (Å²) in [6.07, 6.45) is 0.497. The first-order valence-corrected chi connectivity index (χ1v) is 7.70. The molecule has 0 heterocycles. The van der Waals surface area contributed by atoms with Gasteiger partial charge >= 0.3 is 0 Å². The molecule has 2 rings (SSSR count). The predicted octanol–water partition coefficient (Wildman–Crippen LogP) is 3.45. The van der Waals surface area contributed by atoms with Crippen LogP contribution >= 0.6 is 11.8 Å². The Hall–Kier alpha value is -1.65. The van der Waals surface area contributed by atoms with Crippen LogP contribution in [0.15, 0.2) is 59.5 Å². The lowest BCUT2D eigenvalue weighted by atomic mass is 9.90. The standard InChI is InChI=1S/C17H18FNOS/c1-13(20)17(19,11-14-5-3-2-4-6-14)12-21-16-9-7-15(18)8-10-16/h2-10H,11-12,19H2,1H3/t17-/m0/s1. The number of carbonyl (C=O) groups excluding carboxylic acids is 1. The summed E-state index contributed by atoms with van der Waals surface area (Å²) in [6, 6.07) is 15.9. The molecule has 0 aliphatic rings. The highest BCUT2D eigenvalue weighted by molar-refractivity contribution is 7.99. The largest absolute Gasteiger partial charge is 0.318 e. The van der Waals surface area contributed by atoms with E-state index in [1.807, 2.05) is 30.3 Å². The Bertz CT molecular complexity index is 600. The zero-order valence-corrected chi connectivity index (χ0v) is 12.7. The first-order valence-electron chi connectivity index (χ1n) is 6.72. The van der Waals surface area contributed by atoms with Gasteiger partial charge in [0, 0.05) is 10.6 Å². The fraction of sp³-hybridized carbons (Fsp3) is 0.235. The second-order valence-corrected chi connectivity index (χ2v) is 6.17. The summed E-state index contributed by atoms with van der Waals surface area (Å²) in [5, 5.41) is 0. The van der Waals surface area contributed by atoms with E-state index >= 15 is 0 Å². The third-order valence-corrected chi connectivity index (χ3v) is 4.64. The first kappa shape index (κ1) is 15.7. The van der Waals surface area contributed by atoms with Gasteiger partial charge in [0.05, 0.1) is 5.54 Å². The van der Waals surface area contributed by atoms with E-state index in [9.17, 15) is 9.18 Å². The van der Waals surface area contributed by atoms with Crippen LogP contribution in [0, 0.1) is 5.82 Å². The van der Waals surface area contributed by atoms with Gasteiger partial charge in [-0.05, 0) is 43.2 Å². The summed E-state index contributed by atoms with van der Waals surface area (Å²) in [5.41, 5.74) is 6.43. The monoisotopic (exact) mass is 303 g/mol. The van der Waals surface area contributed by atoms with Crippen LogP contribution in [-0.2, 0) is 11.2 Å². The third kappa shape index (κ3) is 4.41. The molecular formula is C17H18FNOS. The van der Waals surface area contributed by atoms with Crippen LogP contribution in [0.1, 0.15) is 12.5 Å². The van der Waals surface area contributed by atoms with Crippen LogP contribution < -0.4 is 5.73 Å². The van der Waals surface area contributed by atoms with Crippen LogP contribution in [0.2, 0.25) is 0 Å². The van der Waals surface area contributed by atoms with Crippen LogP contribution in [-0.4, -0.2) is 17.1 Å². The zero-order valence-electron chi connectivity index (χ0n) is 11.9. The molecule has 0 amide bonds. The Labute approximate surface area is 128 Å². The van der Waals surface area contributed by atoms with Crippen molar-refractivity contribution < 1.29 is 9.18 Å². The molecule has 0 saturated heterocycles. The Balaban J connectivity index is 2.07. The van der Waals surface area contributed by atoms with Crippen molar-refractivity contribution in [3.05, 3.63) is 66.0 Å². The van der Waals surface area contributed by atoms with Gasteiger partial charge in [0.15, 0.2) is 5.78 Å². The number of benzene rings is 2. The topological polar surface area (TPSA) is 43.1 Å². The summed E-state index contributed by atoms with van der Waals surface area (Å²) >= 11 is 1.47. The number of hydrogen-bond acceptors (Lipinski definition) is 3. The zero-order chi connectivity index (χ0) is 15.3. The van der Waals surface area contributed by atoms with Gasteiger partial charge in [-0.3, -0.25) is 4.79 Å². The van der Waals surface area contributed by atoms with Crippen LogP contribution in [0.5, 0.6) is 0 Å². The minimum Gasteiger partial charge on any atom is -0.318 e. The van der Waals surface area contributed by atoms with E-state index in [0.717, 1.165) is 10.5 Å². The molecular weight excluding hydrogens is 285 g/mol. The molecule has 0 aliphatic carbocycles. The van der Waals surface area contributed by atoms with Crippen molar-refractivity contribution in [2.24, 2.45) is 5.73 Å². The molecule has 0 unspecified atom stereocenters. The first-order chi connectivity index (χ1) is 9.99. The molecule has 0 fully saturated rings. The van der Waals surface area contributed by atoms with Gasteiger partial charge in [0.25, 0.3) is 0 Å². The average Bonchev–Trinajstić information content (AvgIpc) is 2.47. The highest BCUT2D eigenvalue weighted by Crippen LogP contribution is 2.25. The van der Waals surface area contributed by atoms with E-state index in [1.165, 1.54) is 30.8 Å². The van der Waals surface area contributed by atoms with Crippen LogP contribution in [0.25, 0.3) is 0 Å².